The highest BCUT2D eigenvalue weighted by molar-refractivity contribution is 7.99. The summed E-state index contributed by atoms with van der Waals surface area (Å²) in [5.41, 5.74) is 2.29. The van der Waals surface area contributed by atoms with Crippen molar-refractivity contribution < 1.29 is 19.7 Å². The van der Waals surface area contributed by atoms with Crippen LogP contribution in [0.5, 0.6) is 0 Å². The van der Waals surface area contributed by atoms with E-state index >= 15 is 0 Å². The number of nitro benzene ring substituents is 2. The molecule has 10 nitrogen and oxygen atoms in total. The van der Waals surface area contributed by atoms with E-state index in [1.807, 2.05) is 0 Å². The summed E-state index contributed by atoms with van der Waals surface area (Å²) in [6.07, 6.45) is 1.22. The van der Waals surface area contributed by atoms with Crippen molar-refractivity contribution in [2.75, 3.05) is 12.4 Å². The number of hydrazone groups is 1. The Hall–Kier alpha value is -3.31. The number of nitrogens with zero attached hydrogens (tertiary/aromatic N) is 3. The molecule has 0 aliphatic carbocycles. The molecule has 0 saturated heterocycles. The summed E-state index contributed by atoms with van der Waals surface area (Å²) in [7, 11) is 0. The summed E-state index contributed by atoms with van der Waals surface area (Å²) in [5.74, 6) is -0.326. The average Bonchev–Trinajstić information content (AvgIpc) is 2.66. The number of nitrogens with one attached hydrogen (secondary N) is 1. The summed E-state index contributed by atoms with van der Waals surface area (Å²) in [6.45, 7) is -0.102. The van der Waals surface area contributed by atoms with E-state index in [0.717, 1.165) is 17.8 Å². The van der Waals surface area contributed by atoms with Gasteiger partial charge in [0.15, 0.2) is 0 Å². The molecule has 2 N–H and O–H groups in total. The monoisotopic (exact) mass is 390 g/mol. The van der Waals surface area contributed by atoms with Crippen LogP contribution in [0.3, 0.4) is 0 Å². The molecule has 0 aliphatic heterocycles. The van der Waals surface area contributed by atoms with Gasteiger partial charge < -0.3 is 5.11 Å². The van der Waals surface area contributed by atoms with Crippen LogP contribution in [0.4, 0.5) is 11.4 Å². The molecule has 2 aromatic rings. The van der Waals surface area contributed by atoms with Crippen molar-refractivity contribution in [2.45, 2.75) is 4.90 Å². The van der Waals surface area contributed by atoms with Crippen molar-refractivity contribution in [3.05, 3.63) is 73.8 Å². The molecule has 0 heterocycles. The lowest BCUT2D eigenvalue weighted by molar-refractivity contribution is -0.387. The molecule has 1 amide bonds. The van der Waals surface area contributed by atoms with Gasteiger partial charge in [-0.2, -0.15) is 5.10 Å². The maximum absolute atomic E-state index is 12.0. The number of amides is 1. The Bertz CT molecular complexity index is 902. The van der Waals surface area contributed by atoms with Gasteiger partial charge in [0.2, 0.25) is 0 Å². The van der Waals surface area contributed by atoms with Gasteiger partial charge in [-0.25, -0.2) is 5.43 Å². The van der Waals surface area contributed by atoms with Gasteiger partial charge in [0.05, 0.1) is 27.6 Å². The zero-order chi connectivity index (χ0) is 19.8. The minimum atomic E-state index is -0.653. The summed E-state index contributed by atoms with van der Waals surface area (Å²) in [4.78, 5) is 33.1. The summed E-state index contributed by atoms with van der Waals surface area (Å²) < 4.78 is 0. The molecule has 0 atom stereocenters. The van der Waals surface area contributed by atoms with Crippen LogP contribution in [-0.2, 0) is 0 Å². The first-order chi connectivity index (χ1) is 12.9. The topological polar surface area (TPSA) is 148 Å². The zero-order valence-electron chi connectivity index (χ0n) is 13.8. The highest BCUT2D eigenvalue weighted by atomic mass is 32.2. The van der Waals surface area contributed by atoms with Crippen molar-refractivity contribution in [3.63, 3.8) is 0 Å². The molecule has 0 aliphatic rings. The first-order valence-corrected chi connectivity index (χ1v) is 8.51. The first-order valence-electron chi connectivity index (χ1n) is 7.52. The highest BCUT2D eigenvalue weighted by Gasteiger charge is 2.14. The Labute approximate surface area is 157 Å². The molecule has 2 aromatic carbocycles. The van der Waals surface area contributed by atoms with Gasteiger partial charge >= 0.3 is 0 Å². The average molecular weight is 390 g/mol. The van der Waals surface area contributed by atoms with Gasteiger partial charge in [-0.05, 0) is 12.1 Å². The molecule has 0 saturated carbocycles. The lowest BCUT2D eigenvalue weighted by Crippen LogP contribution is -2.17. The van der Waals surface area contributed by atoms with Crippen LogP contribution in [0.2, 0.25) is 0 Å². The van der Waals surface area contributed by atoms with Gasteiger partial charge in [-0.1, -0.05) is 12.1 Å². The molecule has 0 aromatic heterocycles. The van der Waals surface area contributed by atoms with Gasteiger partial charge in [-0.3, -0.25) is 25.0 Å². The molecule has 0 spiro atoms. The van der Waals surface area contributed by atoms with E-state index in [9.17, 15) is 25.0 Å². The van der Waals surface area contributed by atoms with E-state index in [4.69, 9.17) is 5.11 Å². The molecule has 0 radical (unpaired) electrons. The molecular formula is C16H14N4O6S. The maximum Gasteiger partial charge on any atom is 0.283 e. The maximum atomic E-state index is 12.0. The number of carbonyl (C=O) groups is 1. The van der Waals surface area contributed by atoms with Gasteiger partial charge in [-0.15, -0.1) is 11.8 Å². The fourth-order valence-corrected chi connectivity index (χ4v) is 2.78. The number of aliphatic hydroxyl groups is 1. The molecular weight excluding hydrogens is 376 g/mol. The van der Waals surface area contributed by atoms with Crippen LogP contribution in [-0.4, -0.2) is 39.4 Å². The predicted molar refractivity (Wildman–Crippen MR) is 99.1 cm³/mol. The standard InChI is InChI=1S/C16H14N4O6S/c21-6-7-27-15-5-4-11(8-14(15)20(25)26)10-17-18-16(22)12-2-1-3-13(9-12)19(23)24/h1-5,8-10,21H,6-7H2,(H,18,22)/b17-10-. The predicted octanol–water partition coefficient (Wildman–Crippen LogP) is 2.35. The Morgan fingerprint density at radius 3 is 2.63 bits per heavy atom. The third-order valence-electron chi connectivity index (χ3n) is 3.23. The molecule has 0 bridgehead atoms. The zero-order valence-corrected chi connectivity index (χ0v) is 14.6. The van der Waals surface area contributed by atoms with E-state index < -0.39 is 15.8 Å². The second-order valence-corrected chi connectivity index (χ2v) is 6.20. The Morgan fingerprint density at radius 1 is 1.19 bits per heavy atom. The number of thioether (sulfide) groups is 1. The van der Waals surface area contributed by atoms with Crippen molar-refractivity contribution >= 4 is 35.3 Å². The molecule has 27 heavy (non-hydrogen) atoms. The molecule has 0 fully saturated rings. The van der Waals surface area contributed by atoms with E-state index in [0.29, 0.717) is 16.2 Å². The lowest BCUT2D eigenvalue weighted by Gasteiger charge is -2.03. The minimum absolute atomic E-state index is 0.0584. The third-order valence-corrected chi connectivity index (χ3v) is 4.27. The number of benzene rings is 2. The fourth-order valence-electron chi connectivity index (χ4n) is 2.03. The van der Waals surface area contributed by atoms with Crippen molar-refractivity contribution in [3.8, 4) is 0 Å². The number of non-ortho nitro benzene ring substituents is 1. The van der Waals surface area contributed by atoms with E-state index in [1.54, 1.807) is 6.07 Å². The second kappa shape index (κ2) is 9.40. The number of rotatable bonds is 8. The summed E-state index contributed by atoms with van der Waals surface area (Å²) in [6, 6.07) is 9.55. The van der Waals surface area contributed by atoms with Crippen molar-refractivity contribution in [1.82, 2.24) is 5.43 Å². The number of hydrogen-bond acceptors (Lipinski definition) is 8. The Kier molecular flexibility index (Phi) is 6.97. The number of aliphatic hydroxyl groups excluding tert-OH is 1. The van der Waals surface area contributed by atoms with Crippen LogP contribution in [0, 0.1) is 20.2 Å². The van der Waals surface area contributed by atoms with Crippen LogP contribution < -0.4 is 5.43 Å². The summed E-state index contributed by atoms with van der Waals surface area (Å²) >= 11 is 1.15. The first kappa shape index (κ1) is 20.0. The van der Waals surface area contributed by atoms with Crippen LogP contribution in [0.25, 0.3) is 0 Å². The molecule has 2 rings (SSSR count). The van der Waals surface area contributed by atoms with Crippen LogP contribution in [0.1, 0.15) is 15.9 Å². The number of hydrogen-bond donors (Lipinski definition) is 2. The van der Waals surface area contributed by atoms with Gasteiger partial charge in [0.1, 0.15) is 0 Å². The van der Waals surface area contributed by atoms with Gasteiger partial charge in [0.25, 0.3) is 17.3 Å². The third kappa shape index (κ3) is 5.59. The fraction of sp³-hybridized carbons (Fsp3) is 0.125. The van der Waals surface area contributed by atoms with Crippen molar-refractivity contribution in [2.24, 2.45) is 5.10 Å². The normalized spacial score (nSPS) is 10.7. The smallest absolute Gasteiger partial charge is 0.283 e. The molecule has 11 heteroatoms. The Balaban J connectivity index is 2.10. The Morgan fingerprint density at radius 2 is 1.96 bits per heavy atom. The van der Waals surface area contributed by atoms with Crippen LogP contribution in [0.15, 0.2) is 52.5 Å². The van der Waals surface area contributed by atoms with Crippen LogP contribution >= 0.6 is 11.8 Å². The minimum Gasteiger partial charge on any atom is -0.396 e. The summed E-state index contributed by atoms with van der Waals surface area (Å²) in [5, 5.41) is 34.4. The number of nitro groups is 2. The van der Waals surface area contributed by atoms with E-state index in [-0.39, 0.29) is 23.5 Å². The second-order valence-electron chi connectivity index (χ2n) is 5.06. The van der Waals surface area contributed by atoms with Crippen molar-refractivity contribution in [1.29, 1.82) is 0 Å². The number of carbonyl (C=O) groups excluding carboxylic acids is 1. The van der Waals surface area contributed by atoms with E-state index in [1.165, 1.54) is 36.5 Å². The molecule has 0 unspecified atom stereocenters. The quantitative estimate of drug-likeness (QED) is 0.304. The largest absolute Gasteiger partial charge is 0.396 e. The van der Waals surface area contributed by atoms with Gasteiger partial charge in [0, 0.05) is 35.1 Å². The molecule has 140 valence electrons. The van der Waals surface area contributed by atoms with E-state index in [2.05, 4.69) is 10.5 Å². The lowest BCUT2D eigenvalue weighted by atomic mass is 10.2. The SMILES string of the molecule is O=C(N/N=C\c1ccc(SCCO)c([N+](=O)[O-])c1)c1cccc([N+](=O)[O-])c1. The highest BCUT2D eigenvalue weighted by Crippen LogP contribution is 2.29.